The summed E-state index contributed by atoms with van der Waals surface area (Å²) in [5, 5.41) is 2.02. The number of H-pyrrole nitrogens is 1. The summed E-state index contributed by atoms with van der Waals surface area (Å²) >= 11 is 0. The molecule has 186 valence electrons. The van der Waals surface area contributed by atoms with Crippen LogP contribution >= 0.6 is 12.4 Å². The summed E-state index contributed by atoms with van der Waals surface area (Å²) in [5.41, 5.74) is 4.60. The Kier molecular flexibility index (Phi) is 7.40. The van der Waals surface area contributed by atoms with Crippen molar-refractivity contribution in [3.63, 3.8) is 0 Å². The highest BCUT2D eigenvalue weighted by Gasteiger charge is 2.20. The van der Waals surface area contributed by atoms with Crippen LogP contribution in [0.2, 0.25) is 0 Å². The van der Waals surface area contributed by atoms with Crippen molar-refractivity contribution in [2.45, 2.75) is 31.6 Å². The molecule has 2 aromatic carbocycles. The first-order chi connectivity index (χ1) is 16.4. The number of hydrogen-bond acceptors (Lipinski definition) is 5. The summed E-state index contributed by atoms with van der Waals surface area (Å²) in [4.78, 5) is 10.8. The molecule has 1 fully saturated rings. The molecule has 8 heteroatoms. The van der Waals surface area contributed by atoms with Gasteiger partial charge in [-0.3, -0.25) is 0 Å². The van der Waals surface area contributed by atoms with Gasteiger partial charge in [0.1, 0.15) is 11.4 Å². The molecule has 3 heterocycles. The van der Waals surface area contributed by atoms with Gasteiger partial charge in [0.2, 0.25) is 0 Å². The fourth-order valence-corrected chi connectivity index (χ4v) is 5.71. The molecule has 0 spiro atoms. The summed E-state index contributed by atoms with van der Waals surface area (Å²) in [6, 6.07) is 13.4. The smallest absolute Gasteiger partial charge is 0.178 e. The highest BCUT2D eigenvalue weighted by molar-refractivity contribution is 7.91. The van der Waals surface area contributed by atoms with Gasteiger partial charge in [0.05, 0.1) is 22.8 Å². The van der Waals surface area contributed by atoms with E-state index in [9.17, 15) is 8.42 Å². The van der Waals surface area contributed by atoms with Crippen molar-refractivity contribution in [3.05, 3.63) is 54.2 Å². The molecule has 0 saturated carbocycles. The van der Waals surface area contributed by atoms with Gasteiger partial charge in [-0.1, -0.05) is 19.1 Å². The molecule has 5 rings (SSSR count). The van der Waals surface area contributed by atoms with Crippen LogP contribution in [0.5, 0.6) is 5.75 Å². The normalized spacial score (nSPS) is 15.4. The molecule has 0 aliphatic carbocycles. The zero-order valence-corrected chi connectivity index (χ0v) is 22.0. The lowest BCUT2D eigenvalue weighted by Crippen LogP contribution is -2.32. The lowest BCUT2D eigenvalue weighted by molar-refractivity contribution is 0.161. The number of pyridine rings is 1. The highest BCUT2D eigenvalue weighted by atomic mass is 35.5. The second kappa shape index (κ2) is 10.2. The number of benzene rings is 2. The number of halogens is 1. The number of fused-ring (bicyclic) bond motifs is 3. The number of nitrogens with zero attached hydrogens (tertiary/aromatic N) is 2. The number of rotatable bonds is 6. The van der Waals surface area contributed by atoms with Crippen molar-refractivity contribution in [2.75, 3.05) is 32.5 Å². The van der Waals surface area contributed by atoms with Crippen LogP contribution in [0.4, 0.5) is 0 Å². The van der Waals surface area contributed by atoms with Crippen LogP contribution in [0.15, 0.2) is 53.6 Å². The minimum absolute atomic E-state index is 0. The molecule has 1 aliphatic heterocycles. The van der Waals surface area contributed by atoms with Gasteiger partial charge in [-0.2, -0.15) is 0 Å². The third-order valence-corrected chi connectivity index (χ3v) is 8.63. The SMILES string of the molecule is CCS(=O)(=O)c1cccc(-c2ccc(OCC3CCN(C)CC3)c3[nH]c4ncc(C)cc4c23)c1.Cl. The fraction of sp³-hybridized carbons (Fsp3) is 0.370. The Bertz CT molecular complexity index is 1460. The average Bonchev–Trinajstić information content (AvgIpc) is 3.22. The molecule has 6 nitrogen and oxygen atoms in total. The highest BCUT2D eigenvalue weighted by Crippen LogP contribution is 2.39. The quantitative estimate of drug-likeness (QED) is 0.362. The van der Waals surface area contributed by atoms with Crippen molar-refractivity contribution in [3.8, 4) is 16.9 Å². The summed E-state index contributed by atoms with van der Waals surface area (Å²) in [6.07, 6.45) is 4.14. The van der Waals surface area contributed by atoms with E-state index in [1.807, 2.05) is 37.4 Å². The zero-order valence-electron chi connectivity index (χ0n) is 20.4. The fourth-order valence-electron chi connectivity index (χ4n) is 4.79. The number of aryl methyl sites for hydroxylation is 1. The third-order valence-electron chi connectivity index (χ3n) is 6.90. The second-order valence-electron chi connectivity index (χ2n) is 9.38. The standard InChI is InChI=1S/C27H31N3O3S.ClH/c1-4-34(31,32)21-7-5-6-20(15-21)22-8-9-24(33-17-19-10-12-30(3)13-11-19)26-25(22)23-14-18(2)16-28-27(23)29-26;/h5-9,14-16,19H,4,10-13,17H2,1-3H3,(H,28,29);1H. The van der Waals surface area contributed by atoms with E-state index in [4.69, 9.17) is 4.74 Å². The molecule has 1 saturated heterocycles. The van der Waals surface area contributed by atoms with Gasteiger partial charge in [-0.25, -0.2) is 13.4 Å². The van der Waals surface area contributed by atoms with Gasteiger partial charge in [-0.05, 0) is 92.8 Å². The van der Waals surface area contributed by atoms with Gasteiger partial charge in [-0.15, -0.1) is 12.4 Å². The molecule has 0 bridgehead atoms. The Morgan fingerprint density at radius 3 is 2.66 bits per heavy atom. The Hall–Kier alpha value is -2.61. The number of likely N-dealkylation sites (tertiary alicyclic amines) is 1. The second-order valence-corrected chi connectivity index (χ2v) is 11.7. The maximum absolute atomic E-state index is 12.5. The van der Waals surface area contributed by atoms with Crippen molar-refractivity contribution >= 4 is 44.2 Å². The van der Waals surface area contributed by atoms with Crippen molar-refractivity contribution < 1.29 is 13.2 Å². The van der Waals surface area contributed by atoms with Gasteiger partial charge in [0.15, 0.2) is 9.84 Å². The van der Waals surface area contributed by atoms with Crippen molar-refractivity contribution in [1.29, 1.82) is 0 Å². The molecular formula is C27H32ClN3O3S. The first-order valence-corrected chi connectivity index (χ1v) is 13.6. The van der Waals surface area contributed by atoms with Crippen LogP contribution in [-0.4, -0.2) is 55.8 Å². The molecule has 0 radical (unpaired) electrons. The largest absolute Gasteiger partial charge is 0.491 e. The number of piperidine rings is 1. The maximum Gasteiger partial charge on any atom is 0.178 e. The molecule has 4 aromatic rings. The number of sulfone groups is 1. The minimum atomic E-state index is -3.30. The first kappa shape index (κ1) is 25.5. The first-order valence-electron chi connectivity index (χ1n) is 11.9. The summed E-state index contributed by atoms with van der Waals surface area (Å²) < 4.78 is 31.4. The average molecular weight is 514 g/mol. The minimum Gasteiger partial charge on any atom is -0.491 e. The monoisotopic (exact) mass is 513 g/mol. The summed E-state index contributed by atoms with van der Waals surface area (Å²) in [5.74, 6) is 1.43. The maximum atomic E-state index is 12.5. The van der Waals surface area contributed by atoms with Crippen LogP contribution < -0.4 is 4.74 Å². The number of hydrogen-bond donors (Lipinski definition) is 1. The molecule has 0 unspecified atom stereocenters. The Morgan fingerprint density at radius 1 is 1.14 bits per heavy atom. The van der Waals surface area contributed by atoms with E-state index < -0.39 is 9.84 Å². The molecule has 1 aliphatic rings. The van der Waals surface area contributed by atoms with Crippen LogP contribution in [-0.2, 0) is 9.84 Å². The van der Waals surface area contributed by atoms with E-state index >= 15 is 0 Å². The van der Waals surface area contributed by atoms with Gasteiger partial charge >= 0.3 is 0 Å². The van der Waals surface area contributed by atoms with E-state index in [2.05, 4.69) is 28.0 Å². The van der Waals surface area contributed by atoms with E-state index in [0.717, 1.165) is 70.3 Å². The summed E-state index contributed by atoms with van der Waals surface area (Å²) in [7, 11) is -1.13. The van der Waals surface area contributed by atoms with Crippen LogP contribution in [0.25, 0.3) is 33.1 Å². The van der Waals surface area contributed by atoms with Gasteiger partial charge in [0.25, 0.3) is 0 Å². The zero-order chi connectivity index (χ0) is 23.9. The van der Waals surface area contributed by atoms with Crippen LogP contribution in [0.3, 0.4) is 0 Å². The number of nitrogens with one attached hydrogen (secondary N) is 1. The third kappa shape index (κ3) is 5.03. The lowest BCUT2D eigenvalue weighted by atomic mass is 9.98. The molecule has 35 heavy (non-hydrogen) atoms. The molecular weight excluding hydrogens is 482 g/mol. The van der Waals surface area contributed by atoms with Gasteiger partial charge in [0, 0.05) is 17.0 Å². The van der Waals surface area contributed by atoms with Crippen LogP contribution in [0, 0.1) is 12.8 Å². The lowest BCUT2D eigenvalue weighted by Gasteiger charge is -2.28. The van der Waals surface area contributed by atoms with Crippen molar-refractivity contribution in [1.82, 2.24) is 14.9 Å². The topological polar surface area (TPSA) is 75.3 Å². The molecule has 2 aromatic heterocycles. The predicted molar refractivity (Wildman–Crippen MR) is 144 cm³/mol. The van der Waals surface area contributed by atoms with E-state index in [0.29, 0.717) is 17.4 Å². The number of aromatic amines is 1. The number of aromatic nitrogens is 2. The molecule has 0 atom stereocenters. The predicted octanol–water partition coefficient (Wildman–Crippen LogP) is 5.63. The Balaban J connectivity index is 0.00000289. The van der Waals surface area contributed by atoms with E-state index in [1.54, 1.807) is 19.1 Å². The van der Waals surface area contributed by atoms with E-state index in [1.165, 1.54) is 0 Å². The van der Waals surface area contributed by atoms with Gasteiger partial charge < -0.3 is 14.6 Å². The van der Waals surface area contributed by atoms with E-state index in [-0.39, 0.29) is 18.2 Å². The summed E-state index contributed by atoms with van der Waals surface area (Å²) in [6.45, 7) is 6.60. The number of ether oxygens (including phenoxy) is 1. The Morgan fingerprint density at radius 2 is 1.91 bits per heavy atom. The van der Waals surface area contributed by atoms with Crippen molar-refractivity contribution in [2.24, 2.45) is 5.92 Å². The molecule has 0 amide bonds. The molecule has 1 N–H and O–H groups in total. The van der Waals surface area contributed by atoms with Crippen LogP contribution in [0.1, 0.15) is 25.3 Å². The Labute approximate surface area is 213 Å².